The quantitative estimate of drug-likeness (QED) is 0.744. The van der Waals surface area contributed by atoms with Gasteiger partial charge >= 0.3 is 0 Å². The SMILES string of the molecule is COc1ccc(S[C@H](C)C(=O)NCCc2ccccc2)cc1OC. The second-order valence-corrected chi connectivity index (χ2v) is 6.72. The van der Waals surface area contributed by atoms with Crippen molar-refractivity contribution >= 4 is 17.7 Å². The summed E-state index contributed by atoms with van der Waals surface area (Å²) in [6.45, 7) is 2.54. The predicted octanol–water partition coefficient (Wildman–Crippen LogP) is 3.54. The number of thioether (sulfide) groups is 1. The fourth-order valence-electron chi connectivity index (χ4n) is 2.27. The lowest BCUT2D eigenvalue weighted by Gasteiger charge is -2.14. The molecule has 0 aliphatic rings. The predicted molar refractivity (Wildman–Crippen MR) is 98.0 cm³/mol. The van der Waals surface area contributed by atoms with E-state index in [-0.39, 0.29) is 11.2 Å². The van der Waals surface area contributed by atoms with Gasteiger partial charge in [-0.25, -0.2) is 0 Å². The van der Waals surface area contributed by atoms with Crippen LogP contribution >= 0.6 is 11.8 Å². The van der Waals surface area contributed by atoms with E-state index in [1.54, 1.807) is 14.2 Å². The molecular weight excluding hydrogens is 322 g/mol. The summed E-state index contributed by atoms with van der Waals surface area (Å²) in [6.07, 6.45) is 0.834. The average molecular weight is 345 g/mol. The highest BCUT2D eigenvalue weighted by molar-refractivity contribution is 8.00. The monoisotopic (exact) mass is 345 g/mol. The van der Waals surface area contributed by atoms with Crippen molar-refractivity contribution in [2.45, 2.75) is 23.5 Å². The van der Waals surface area contributed by atoms with E-state index in [1.165, 1.54) is 17.3 Å². The molecule has 1 N–H and O–H groups in total. The minimum absolute atomic E-state index is 0.0331. The minimum atomic E-state index is -0.182. The van der Waals surface area contributed by atoms with E-state index in [0.717, 1.165) is 11.3 Å². The molecule has 0 bridgehead atoms. The van der Waals surface area contributed by atoms with Gasteiger partial charge in [-0.15, -0.1) is 11.8 Å². The second kappa shape index (κ2) is 9.23. The van der Waals surface area contributed by atoms with E-state index in [0.29, 0.717) is 18.0 Å². The molecule has 0 saturated carbocycles. The van der Waals surface area contributed by atoms with Gasteiger partial charge < -0.3 is 14.8 Å². The van der Waals surface area contributed by atoms with Crippen molar-refractivity contribution < 1.29 is 14.3 Å². The van der Waals surface area contributed by atoms with Gasteiger partial charge in [-0.2, -0.15) is 0 Å². The van der Waals surface area contributed by atoms with Crippen LogP contribution in [0.2, 0.25) is 0 Å². The molecule has 1 amide bonds. The molecule has 24 heavy (non-hydrogen) atoms. The summed E-state index contributed by atoms with van der Waals surface area (Å²) in [6, 6.07) is 15.8. The first kappa shape index (κ1) is 18.2. The van der Waals surface area contributed by atoms with Gasteiger partial charge in [-0.1, -0.05) is 30.3 Å². The zero-order valence-corrected chi connectivity index (χ0v) is 15.1. The van der Waals surface area contributed by atoms with Crippen molar-refractivity contribution in [1.82, 2.24) is 5.32 Å². The van der Waals surface area contributed by atoms with Crippen LogP contribution in [0.25, 0.3) is 0 Å². The summed E-state index contributed by atoms with van der Waals surface area (Å²) in [5.74, 6) is 1.38. The number of amides is 1. The number of ether oxygens (including phenoxy) is 2. The molecule has 4 nitrogen and oxygen atoms in total. The maximum atomic E-state index is 12.2. The Balaban J connectivity index is 1.85. The Labute approximate surface area is 147 Å². The molecule has 0 aliphatic heterocycles. The van der Waals surface area contributed by atoms with Crippen molar-refractivity contribution in [3.8, 4) is 11.5 Å². The summed E-state index contributed by atoms with van der Waals surface area (Å²) >= 11 is 1.50. The molecule has 2 aromatic carbocycles. The van der Waals surface area contributed by atoms with E-state index < -0.39 is 0 Å². The molecule has 5 heteroatoms. The van der Waals surface area contributed by atoms with Gasteiger partial charge in [0.1, 0.15) is 0 Å². The summed E-state index contributed by atoms with van der Waals surface area (Å²) in [5, 5.41) is 2.81. The summed E-state index contributed by atoms with van der Waals surface area (Å²) < 4.78 is 10.5. The molecule has 128 valence electrons. The van der Waals surface area contributed by atoms with Crippen LogP contribution in [0.1, 0.15) is 12.5 Å². The third-order valence-electron chi connectivity index (χ3n) is 3.59. The maximum Gasteiger partial charge on any atom is 0.233 e. The lowest BCUT2D eigenvalue weighted by Crippen LogP contribution is -2.32. The molecule has 0 aliphatic carbocycles. The Hall–Kier alpha value is -2.14. The molecule has 0 saturated heterocycles. The van der Waals surface area contributed by atoms with Gasteiger partial charge in [0.15, 0.2) is 11.5 Å². The highest BCUT2D eigenvalue weighted by Gasteiger charge is 2.15. The third-order valence-corrected chi connectivity index (χ3v) is 4.69. The van der Waals surface area contributed by atoms with E-state index in [2.05, 4.69) is 17.4 Å². The topological polar surface area (TPSA) is 47.6 Å². The Morgan fingerprint density at radius 2 is 1.79 bits per heavy atom. The van der Waals surface area contributed by atoms with Gasteiger partial charge in [0.25, 0.3) is 0 Å². The third kappa shape index (κ3) is 5.20. The molecule has 0 fully saturated rings. The number of carbonyl (C=O) groups excluding carboxylic acids is 1. The van der Waals surface area contributed by atoms with Gasteiger partial charge in [-0.05, 0) is 37.1 Å². The number of hydrogen-bond donors (Lipinski definition) is 1. The van der Waals surface area contributed by atoms with Gasteiger partial charge in [-0.3, -0.25) is 4.79 Å². The lowest BCUT2D eigenvalue weighted by molar-refractivity contribution is -0.120. The van der Waals surface area contributed by atoms with Crippen molar-refractivity contribution in [2.24, 2.45) is 0 Å². The van der Waals surface area contributed by atoms with Crippen molar-refractivity contribution in [3.63, 3.8) is 0 Å². The number of carbonyl (C=O) groups is 1. The Morgan fingerprint density at radius 1 is 1.08 bits per heavy atom. The zero-order chi connectivity index (χ0) is 17.4. The molecule has 2 rings (SSSR count). The molecule has 0 aromatic heterocycles. The Morgan fingerprint density at radius 3 is 2.46 bits per heavy atom. The summed E-state index contributed by atoms with van der Waals surface area (Å²) in [5.41, 5.74) is 1.22. The molecule has 2 aromatic rings. The second-order valence-electron chi connectivity index (χ2n) is 5.30. The van der Waals surface area contributed by atoms with E-state index in [9.17, 15) is 4.79 Å². The van der Waals surface area contributed by atoms with Gasteiger partial charge in [0, 0.05) is 11.4 Å². The number of benzene rings is 2. The number of rotatable bonds is 8. The standard InChI is InChI=1S/C19H23NO3S/c1-14(19(21)20-12-11-15-7-5-4-6-8-15)24-16-9-10-17(22-2)18(13-16)23-3/h4-10,13-14H,11-12H2,1-3H3,(H,20,21)/t14-/m1/s1. The average Bonchev–Trinajstić information content (AvgIpc) is 2.62. The summed E-state index contributed by atoms with van der Waals surface area (Å²) in [7, 11) is 3.21. The van der Waals surface area contributed by atoms with Crippen LogP contribution in [0, 0.1) is 0 Å². The zero-order valence-electron chi connectivity index (χ0n) is 14.2. The van der Waals surface area contributed by atoms with Crippen LogP contribution in [0.3, 0.4) is 0 Å². The van der Waals surface area contributed by atoms with Gasteiger partial charge in [0.05, 0.1) is 19.5 Å². The van der Waals surface area contributed by atoms with Crippen LogP contribution in [0.15, 0.2) is 53.4 Å². The number of hydrogen-bond acceptors (Lipinski definition) is 4. The largest absolute Gasteiger partial charge is 0.493 e. The fourth-order valence-corrected chi connectivity index (χ4v) is 3.19. The van der Waals surface area contributed by atoms with Crippen LogP contribution in [0.4, 0.5) is 0 Å². The Bertz CT molecular complexity index is 661. The summed E-state index contributed by atoms with van der Waals surface area (Å²) in [4.78, 5) is 13.2. The highest BCUT2D eigenvalue weighted by Crippen LogP contribution is 2.33. The lowest BCUT2D eigenvalue weighted by atomic mass is 10.1. The van der Waals surface area contributed by atoms with Crippen LogP contribution in [0.5, 0.6) is 11.5 Å². The molecule has 0 spiro atoms. The minimum Gasteiger partial charge on any atom is -0.493 e. The van der Waals surface area contributed by atoms with Crippen molar-refractivity contribution in [1.29, 1.82) is 0 Å². The van der Waals surface area contributed by atoms with E-state index >= 15 is 0 Å². The van der Waals surface area contributed by atoms with Crippen LogP contribution in [-0.4, -0.2) is 31.9 Å². The first-order chi connectivity index (χ1) is 11.6. The van der Waals surface area contributed by atoms with Crippen LogP contribution < -0.4 is 14.8 Å². The molecule has 0 radical (unpaired) electrons. The Kier molecular flexibility index (Phi) is 7.00. The smallest absolute Gasteiger partial charge is 0.233 e. The first-order valence-electron chi connectivity index (χ1n) is 7.84. The van der Waals surface area contributed by atoms with Crippen LogP contribution in [-0.2, 0) is 11.2 Å². The highest BCUT2D eigenvalue weighted by atomic mass is 32.2. The fraction of sp³-hybridized carbons (Fsp3) is 0.316. The molecular formula is C19H23NO3S. The normalized spacial score (nSPS) is 11.6. The van der Waals surface area contributed by atoms with E-state index in [4.69, 9.17) is 9.47 Å². The van der Waals surface area contributed by atoms with Crippen molar-refractivity contribution in [3.05, 3.63) is 54.1 Å². The van der Waals surface area contributed by atoms with E-state index in [1.807, 2.05) is 43.3 Å². The maximum absolute atomic E-state index is 12.2. The number of nitrogens with one attached hydrogen (secondary N) is 1. The molecule has 0 heterocycles. The molecule has 1 atom stereocenters. The van der Waals surface area contributed by atoms with Crippen molar-refractivity contribution in [2.75, 3.05) is 20.8 Å². The molecule has 0 unspecified atom stereocenters. The van der Waals surface area contributed by atoms with Gasteiger partial charge in [0.2, 0.25) is 5.91 Å². The first-order valence-corrected chi connectivity index (χ1v) is 8.72. The number of methoxy groups -OCH3 is 2.